The zero-order valence-corrected chi connectivity index (χ0v) is 9.37. The molecule has 1 rings (SSSR count). The van der Waals surface area contributed by atoms with E-state index in [0.29, 0.717) is 24.2 Å². The molecule has 0 amide bonds. The van der Waals surface area contributed by atoms with Crippen LogP contribution in [0.1, 0.15) is 18.9 Å². The van der Waals surface area contributed by atoms with Crippen LogP contribution in [0.3, 0.4) is 0 Å². The summed E-state index contributed by atoms with van der Waals surface area (Å²) in [5, 5.41) is 8.74. The molecule has 1 unspecified atom stereocenters. The minimum absolute atomic E-state index is 0.334. The molecule has 0 spiro atoms. The second-order valence-electron chi connectivity index (χ2n) is 3.73. The molecule has 4 heteroatoms. The molecule has 88 valence electrons. The summed E-state index contributed by atoms with van der Waals surface area (Å²) in [6, 6.07) is 4.26. The normalized spacial score (nSPS) is 12.2. The summed E-state index contributed by atoms with van der Waals surface area (Å²) < 4.78 is 18.1. The molecular weight excluding hydrogens is 211 g/mol. The van der Waals surface area contributed by atoms with Gasteiger partial charge in [-0.05, 0) is 36.6 Å². The molecule has 0 fully saturated rings. The number of benzene rings is 1. The van der Waals surface area contributed by atoms with Gasteiger partial charge in [0.1, 0.15) is 11.6 Å². The highest BCUT2D eigenvalue weighted by atomic mass is 19.1. The molecule has 0 saturated heterocycles. The third-order valence-electron chi connectivity index (χ3n) is 2.51. The highest BCUT2D eigenvalue weighted by Gasteiger charge is 2.12. The maximum Gasteiger partial charge on any atom is 0.306 e. The molecule has 0 saturated carbocycles. The van der Waals surface area contributed by atoms with Gasteiger partial charge < -0.3 is 9.84 Å². The van der Waals surface area contributed by atoms with Crippen molar-refractivity contribution in [1.29, 1.82) is 0 Å². The SMILES string of the molecule is COc1ccc(F)cc1CCC(C)C(=O)O. The zero-order valence-electron chi connectivity index (χ0n) is 9.37. The van der Waals surface area contributed by atoms with Gasteiger partial charge in [0.2, 0.25) is 0 Å². The molecule has 3 nitrogen and oxygen atoms in total. The van der Waals surface area contributed by atoms with Crippen LogP contribution < -0.4 is 4.74 Å². The van der Waals surface area contributed by atoms with Gasteiger partial charge in [0.25, 0.3) is 0 Å². The van der Waals surface area contributed by atoms with Gasteiger partial charge in [0, 0.05) is 0 Å². The number of carboxylic acids is 1. The quantitative estimate of drug-likeness (QED) is 0.839. The average molecular weight is 226 g/mol. The van der Waals surface area contributed by atoms with E-state index in [4.69, 9.17) is 9.84 Å². The Morgan fingerprint density at radius 1 is 1.56 bits per heavy atom. The van der Waals surface area contributed by atoms with Crippen LogP contribution >= 0.6 is 0 Å². The Kier molecular flexibility index (Phi) is 4.28. The van der Waals surface area contributed by atoms with E-state index in [1.165, 1.54) is 19.2 Å². The van der Waals surface area contributed by atoms with Crippen LogP contribution in [0.25, 0.3) is 0 Å². The third-order valence-corrected chi connectivity index (χ3v) is 2.51. The summed E-state index contributed by atoms with van der Waals surface area (Å²) in [7, 11) is 1.51. The topological polar surface area (TPSA) is 46.5 Å². The van der Waals surface area contributed by atoms with E-state index in [9.17, 15) is 9.18 Å². The fourth-order valence-electron chi connectivity index (χ4n) is 1.44. The number of carbonyl (C=O) groups is 1. The van der Waals surface area contributed by atoms with Crippen LogP contribution in [0.2, 0.25) is 0 Å². The van der Waals surface area contributed by atoms with Crippen molar-refractivity contribution in [2.75, 3.05) is 7.11 Å². The molecule has 0 aliphatic carbocycles. The van der Waals surface area contributed by atoms with Crippen LogP contribution in [0.4, 0.5) is 4.39 Å². The Bertz CT molecular complexity index is 377. The van der Waals surface area contributed by atoms with Crippen molar-refractivity contribution in [3.8, 4) is 5.75 Å². The number of aryl methyl sites for hydroxylation is 1. The standard InChI is InChI=1S/C12H15FO3/c1-8(12(14)15)3-4-9-7-10(13)5-6-11(9)16-2/h5-8H,3-4H2,1-2H3,(H,14,15). The molecule has 0 aliphatic heterocycles. The maximum absolute atomic E-state index is 13.0. The number of ether oxygens (including phenoxy) is 1. The number of hydrogen-bond acceptors (Lipinski definition) is 2. The number of aliphatic carboxylic acids is 1. The molecule has 1 atom stereocenters. The summed E-state index contributed by atoms with van der Waals surface area (Å²) in [6.07, 6.45) is 0.962. The Balaban J connectivity index is 2.72. The van der Waals surface area contributed by atoms with E-state index in [2.05, 4.69) is 0 Å². The van der Waals surface area contributed by atoms with Gasteiger partial charge >= 0.3 is 5.97 Å². The van der Waals surface area contributed by atoms with E-state index >= 15 is 0 Å². The Labute approximate surface area is 93.9 Å². The van der Waals surface area contributed by atoms with E-state index in [1.54, 1.807) is 13.0 Å². The first-order valence-corrected chi connectivity index (χ1v) is 5.09. The summed E-state index contributed by atoms with van der Waals surface area (Å²) in [5.74, 6) is -1.01. The minimum Gasteiger partial charge on any atom is -0.496 e. The van der Waals surface area contributed by atoms with E-state index in [0.717, 1.165) is 0 Å². The number of hydrogen-bond donors (Lipinski definition) is 1. The van der Waals surface area contributed by atoms with Crippen LogP contribution in [0, 0.1) is 11.7 Å². The van der Waals surface area contributed by atoms with Crippen molar-refractivity contribution in [3.63, 3.8) is 0 Å². The molecule has 16 heavy (non-hydrogen) atoms. The highest BCUT2D eigenvalue weighted by Crippen LogP contribution is 2.22. The predicted octanol–water partition coefficient (Wildman–Crippen LogP) is 2.49. The Hall–Kier alpha value is -1.58. The smallest absolute Gasteiger partial charge is 0.306 e. The first kappa shape index (κ1) is 12.5. The first-order valence-electron chi connectivity index (χ1n) is 5.09. The lowest BCUT2D eigenvalue weighted by molar-refractivity contribution is -0.141. The van der Waals surface area contributed by atoms with Gasteiger partial charge in [-0.1, -0.05) is 6.92 Å². The van der Waals surface area contributed by atoms with Crippen molar-refractivity contribution in [2.45, 2.75) is 19.8 Å². The van der Waals surface area contributed by atoms with E-state index in [1.807, 2.05) is 0 Å². The second-order valence-corrected chi connectivity index (χ2v) is 3.73. The van der Waals surface area contributed by atoms with Crippen molar-refractivity contribution >= 4 is 5.97 Å². The van der Waals surface area contributed by atoms with Crippen LogP contribution in [-0.2, 0) is 11.2 Å². The van der Waals surface area contributed by atoms with Gasteiger partial charge in [-0.3, -0.25) is 4.79 Å². The van der Waals surface area contributed by atoms with Crippen LogP contribution in [0.5, 0.6) is 5.75 Å². The molecular formula is C12H15FO3. The Morgan fingerprint density at radius 3 is 2.81 bits per heavy atom. The van der Waals surface area contributed by atoms with Gasteiger partial charge in [-0.25, -0.2) is 4.39 Å². The van der Waals surface area contributed by atoms with E-state index < -0.39 is 11.9 Å². The molecule has 0 bridgehead atoms. The van der Waals surface area contributed by atoms with Crippen molar-refractivity contribution in [3.05, 3.63) is 29.6 Å². The number of halogens is 1. The lowest BCUT2D eigenvalue weighted by Crippen LogP contribution is -2.10. The molecule has 0 aliphatic rings. The molecule has 1 N–H and O–H groups in total. The maximum atomic E-state index is 13.0. The van der Waals surface area contributed by atoms with Gasteiger partial charge in [-0.2, -0.15) is 0 Å². The monoisotopic (exact) mass is 226 g/mol. The highest BCUT2D eigenvalue weighted by molar-refractivity contribution is 5.69. The van der Waals surface area contributed by atoms with Crippen molar-refractivity contribution in [2.24, 2.45) is 5.92 Å². The molecule has 1 aromatic rings. The number of rotatable bonds is 5. The third kappa shape index (κ3) is 3.22. The van der Waals surface area contributed by atoms with E-state index in [-0.39, 0.29) is 5.82 Å². The predicted molar refractivity (Wildman–Crippen MR) is 58.1 cm³/mol. The molecule has 0 heterocycles. The second kappa shape index (κ2) is 5.49. The van der Waals surface area contributed by atoms with Gasteiger partial charge in [-0.15, -0.1) is 0 Å². The van der Waals surface area contributed by atoms with Gasteiger partial charge in [0.15, 0.2) is 0 Å². The average Bonchev–Trinajstić information content (AvgIpc) is 2.25. The fraction of sp³-hybridized carbons (Fsp3) is 0.417. The Morgan fingerprint density at radius 2 is 2.25 bits per heavy atom. The van der Waals surface area contributed by atoms with Crippen LogP contribution in [0.15, 0.2) is 18.2 Å². The fourth-order valence-corrected chi connectivity index (χ4v) is 1.44. The van der Waals surface area contributed by atoms with Crippen molar-refractivity contribution in [1.82, 2.24) is 0 Å². The zero-order chi connectivity index (χ0) is 12.1. The summed E-state index contributed by atoms with van der Waals surface area (Å²) in [4.78, 5) is 10.6. The number of methoxy groups -OCH3 is 1. The summed E-state index contributed by atoms with van der Waals surface area (Å²) in [6.45, 7) is 1.63. The largest absolute Gasteiger partial charge is 0.496 e. The summed E-state index contributed by atoms with van der Waals surface area (Å²) in [5.41, 5.74) is 0.704. The van der Waals surface area contributed by atoms with Gasteiger partial charge in [0.05, 0.1) is 13.0 Å². The molecule has 0 radical (unpaired) electrons. The lowest BCUT2D eigenvalue weighted by Gasteiger charge is -2.10. The number of carboxylic acid groups (broad SMARTS) is 1. The first-order chi connectivity index (χ1) is 7.54. The van der Waals surface area contributed by atoms with Crippen LogP contribution in [-0.4, -0.2) is 18.2 Å². The minimum atomic E-state index is -0.838. The molecule has 0 aromatic heterocycles. The molecule has 1 aromatic carbocycles. The summed E-state index contributed by atoms with van der Waals surface area (Å²) >= 11 is 0. The van der Waals surface area contributed by atoms with Crippen molar-refractivity contribution < 1.29 is 19.0 Å². The lowest BCUT2D eigenvalue weighted by atomic mass is 10.0.